The molecule has 5 heteroatoms. The highest BCUT2D eigenvalue weighted by Gasteiger charge is 2.13. The molecule has 0 saturated carbocycles. The maximum Gasteiger partial charge on any atom is 0.239 e. The second-order valence-corrected chi connectivity index (χ2v) is 4.50. The van der Waals surface area contributed by atoms with Gasteiger partial charge in [-0.15, -0.1) is 0 Å². The zero-order chi connectivity index (χ0) is 12.2. The molecule has 0 fully saturated rings. The third kappa shape index (κ3) is 4.72. The van der Waals surface area contributed by atoms with Crippen molar-refractivity contribution < 1.29 is 9.18 Å². The lowest BCUT2D eigenvalue weighted by Crippen LogP contribution is -2.43. The minimum Gasteiger partial charge on any atom is -0.361 e. The first-order chi connectivity index (χ1) is 7.37. The van der Waals surface area contributed by atoms with Crippen LogP contribution >= 0.6 is 0 Å². The molecular formula is C11H16FN3O. The smallest absolute Gasteiger partial charge is 0.239 e. The summed E-state index contributed by atoms with van der Waals surface area (Å²) < 4.78 is 12.7. The molecule has 0 aromatic carbocycles. The quantitative estimate of drug-likeness (QED) is 0.767. The number of hydrogen-bond acceptors (Lipinski definition) is 3. The van der Waals surface area contributed by atoms with E-state index in [1.807, 2.05) is 20.8 Å². The lowest BCUT2D eigenvalue weighted by atomic mass is 10.1. The Morgan fingerprint density at radius 2 is 2.12 bits per heavy atom. The molecular weight excluding hydrogens is 209 g/mol. The standard InChI is InChI=1S/C11H16FN3O/c1-11(2,3)15-10(16)7-13-9-6-4-5-8(12)14-9/h4-6H,7H2,1-3H3,(H,13,14)(H,15,16). The van der Waals surface area contributed by atoms with E-state index in [9.17, 15) is 9.18 Å². The van der Waals surface area contributed by atoms with Gasteiger partial charge >= 0.3 is 0 Å². The highest BCUT2D eigenvalue weighted by Crippen LogP contribution is 2.03. The van der Waals surface area contributed by atoms with E-state index in [0.717, 1.165) is 0 Å². The Labute approximate surface area is 94.3 Å². The van der Waals surface area contributed by atoms with Crippen LogP contribution in [-0.2, 0) is 4.79 Å². The van der Waals surface area contributed by atoms with E-state index < -0.39 is 5.95 Å². The van der Waals surface area contributed by atoms with Crippen LogP contribution in [0.4, 0.5) is 10.2 Å². The van der Waals surface area contributed by atoms with Gasteiger partial charge in [-0.3, -0.25) is 4.79 Å². The first-order valence-electron chi connectivity index (χ1n) is 5.04. The van der Waals surface area contributed by atoms with Gasteiger partial charge in [0.25, 0.3) is 0 Å². The highest BCUT2D eigenvalue weighted by molar-refractivity contribution is 5.80. The summed E-state index contributed by atoms with van der Waals surface area (Å²) in [6.45, 7) is 5.76. The molecule has 0 spiro atoms. The minimum atomic E-state index is -0.568. The summed E-state index contributed by atoms with van der Waals surface area (Å²) in [6, 6.07) is 4.39. The van der Waals surface area contributed by atoms with Gasteiger partial charge in [0.05, 0.1) is 6.54 Å². The number of nitrogens with one attached hydrogen (secondary N) is 2. The largest absolute Gasteiger partial charge is 0.361 e. The number of pyridine rings is 1. The molecule has 16 heavy (non-hydrogen) atoms. The van der Waals surface area contributed by atoms with Crippen molar-refractivity contribution in [3.05, 3.63) is 24.1 Å². The van der Waals surface area contributed by atoms with Crippen molar-refractivity contribution in [2.75, 3.05) is 11.9 Å². The van der Waals surface area contributed by atoms with Crippen molar-refractivity contribution in [3.63, 3.8) is 0 Å². The summed E-state index contributed by atoms with van der Waals surface area (Å²) in [7, 11) is 0. The van der Waals surface area contributed by atoms with Gasteiger partial charge < -0.3 is 10.6 Å². The fourth-order valence-corrected chi connectivity index (χ4v) is 1.14. The van der Waals surface area contributed by atoms with Gasteiger partial charge in [-0.1, -0.05) is 6.07 Å². The summed E-state index contributed by atoms with van der Waals surface area (Å²) in [6.07, 6.45) is 0. The zero-order valence-corrected chi connectivity index (χ0v) is 9.67. The molecule has 0 saturated heterocycles. The van der Waals surface area contributed by atoms with E-state index in [1.54, 1.807) is 6.07 Å². The Morgan fingerprint density at radius 3 is 2.69 bits per heavy atom. The number of hydrogen-bond donors (Lipinski definition) is 2. The van der Waals surface area contributed by atoms with Crippen LogP contribution < -0.4 is 10.6 Å². The van der Waals surface area contributed by atoms with Gasteiger partial charge in [-0.25, -0.2) is 4.98 Å². The molecule has 0 aliphatic heterocycles. The third-order valence-corrected chi connectivity index (χ3v) is 1.66. The Kier molecular flexibility index (Phi) is 3.82. The van der Waals surface area contributed by atoms with Gasteiger partial charge in [0.2, 0.25) is 11.9 Å². The molecule has 1 aromatic rings. The first kappa shape index (κ1) is 12.4. The summed E-state index contributed by atoms with van der Waals surface area (Å²) in [5.41, 5.74) is -0.270. The minimum absolute atomic E-state index is 0.0771. The van der Waals surface area contributed by atoms with Crippen molar-refractivity contribution in [1.29, 1.82) is 0 Å². The maximum absolute atomic E-state index is 12.7. The summed E-state index contributed by atoms with van der Waals surface area (Å²) in [4.78, 5) is 15.0. The van der Waals surface area contributed by atoms with Crippen LogP contribution in [-0.4, -0.2) is 23.0 Å². The average molecular weight is 225 g/mol. The van der Waals surface area contributed by atoms with Crippen LogP contribution in [0, 0.1) is 5.95 Å². The zero-order valence-electron chi connectivity index (χ0n) is 9.67. The van der Waals surface area contributed by atoms with Crippen LogP contribution in [0.2, 0.25) is 0 Å². The van der Waals surface area contributed by atoms with Crippen molar-refractivity contribution >= 4 is 11.7 Å². The average Bonchev–Trinajstić information content (AvgIpc) is 2.12. The van der Waals surface area contributed by atoms with Crippen LogP contribution in [0.15, 0.2) is 18.2 Å². The summed E-state index contributed by atoms with van der Waals surface area (Å²) in [5.74, 6) is -0.371. The number of amides is 1. The number of aromatic nitrogens is 1. The molecule has 1 heterocycles. The van der Waals surface area contributed by atoms with E-state index in [-0.39, 0.29) is 18.0 Å². The fraction of sp³-hybridized carbons (Fsp3) is 0.455. The second kappa shape index (κ2) is 4.92. The van der Waals surface area contributed by atoms with E-state index in [2.05, 4.69) is 15.6 Å². The molecule has 0 unspecified atom stereocenters. The number of carbonyl (C=O) groups is 1. The Hall–Kier alpha value is -1.65. The molecule has 1 amide bonds. The number of carbonyl (C=O) groups excluding carboxylic acids is 1. The highest BCUT2D eigenvalue weighted by atomic mass is 19.1. The third-order valence-electron chi connectivity index (χ3n) is 1.66. The van der Waals surface area contributed by atoms with Crippen LogP contribution in [0.25, 0.3) is 0 Å². The Morgan fingerprint density at radius 1 is 1.44 bits per heavy atom. The van der Waals surface area contributed by atoms with Crippen LogP contribution in [0.5, 0.6) is 0 Å². The van der Waals surface area contributed by atoms with Crippen molar-refractivity contribution in [3.8, 4) is 0 Å². The molecule has 0 radical (unpaired) electrons. The summed E-state index contributed by atoms with van der Waals surface area (Å²) in [5, 5.41) is 5.53. The van der Waals surface area contributed by atoms with Crippen molar-refractivity contribution in [2.24, 2.45) is 0 Å². The van der Waals surface area contributed by atoms with Gasteiger partial charge in [0.1, 0.15) is 5.82 Å². The van der Waals surface area contributed by atoms with Crippen LogP contribution in [0.1, 0.15) is 20.8 Å². The maximum atomic E-state index is 12.7. The molecule has 0 aliphatic carbocycles. The monoisotopic (exact) mass is 225 g/mol. The Bertz CT molecular complexity index is 374. The molecule has 88 valence electrons. The number of nitrogens with zero attached hydrogens (tertiary/aromatic N) is 1. The van der Waals surface area contributed by atoms with Gasteiger partial charge in [-0.05, 0) is 32.9 Å². The molecule has 4 nitrogen and oxygen atoms in total. The number of rotatable bonds is 3. The van der Waals surface area contributed by atoms with Gasteiger partial charge in [0, 0.05) is 5.54 Å². The lowest BCUT2D eigenvalue weighted by molar-refractivity contribution is -0.120. The van der Waals surface area contributed by atoms with E-state index >= 15 is 0 Å². The SMILES string of the molecule is CC(C)(C)NC(=O)CNc1cccc(F)n1. The second-order valence-electron chi connectivity index (χ2n) is 4.50. The topological polar surface area (TPSA) is 54.0 Å². The van der Waals surface area contributed by atoms with E-state index in [4.69, 9.17) is 0 Å². The fourth-order valence-electron chi connectivity index (χ4n) is 1.14. The predicted octanol–water partition coefficient (Wildman–Crippen LogP) is 1.55. The van der Waals surface area contributed by atoms with Gasteiger partial charge in [0.15, 0.2) is 0 Å². The molecule has 2 N–H and O–H groups in total. The number of anilines is 1. The predicted molar refractivity (Wildman–Crippen MR) is 60.6 cm³/mol. The van der Waals surface area contributed by atoms with Crippen LogP contribution in [0.3, 0.4) is 0 Å². The normalized spacial score (nSPS) is 11.0. The molecule has 1 aromatic heterocycles. The molecule has 0 atom stereocenters. The van der Waals surface area contributed by atoms with Crippen molar-refractivity contribution in [1.82, 2.24) is 10.3 Å². The summed E-state index contributed by atoms with van der Waals surface area (Å²) >= 11 is 0. The van der Waals surface area contributed by atoms with E-state index in [1.165, 1.54) is 12.1 Å². The first-order valence-corrected chi connectivity index (χ1v) is 5.04. The van der Waals surface area contributed by atoms with Crippen molar-refractivity contribution in [2.45, 2.75) is 26.3 Å². The number of halogens is 1. The molecule has 0 aliphatic rings. The lowest BCUT2D eigenvalue weighted by Gasteiger charge is -2.20. The van der Waals surface area contributed by atoms with Gasteiger partial charge in [-0.2, -0.15) is 4.39 Å². The molecule has 1 rings (SSSR count). The Balaban J connectivity index is 2.43. The van der Waals surface area contributed by atoms with E-state index in [0.29, 0.717) is 5.82 Å². The molecule has 0 bridgehead atoms.